The second kappa shape index (κ2) is 5.03. The lowest BCUT2D eigenvalue weighted by Gasteiger charge is -2.28. The van der Waals surface area contributed by atoms with Crippen LogP contribution in [0.1, 0.15) is 19.3 Å². The zero-order valence-corrected chi connectivity index (χ0v) is 9.89. The van der Waals surface area contributed by atoms with Crippen LogP contribution >= 0.6 is 0 Å². The summed E-state index contributed by atoms with van der Waals surface area (Å²) in [6.07, 6.45) is 3.39. The third-order valence-electron chi connectivity index (χ3n) is 3.08. The van der Waals surface area contributed by atoms with Crippen LogP contribution in [0.2, 0.25) is 0 Å². The predicted octanol–water partition coefficient (Wildman–Crippen LogP) is 2.59. The number of methoxy groups -OCH3 is 1. The van der Waals surface area contributed by atoms with Crippen LogP contribution < -0.4 is 9.64 Å². The lowest BCUT2D eigenvalue weighted by atomic mass is 10.1. The van der Waals surface area contributed by atoms with Crippen molar-refractivity contribution >= 4 is 11.4 Å². The average Bonchev–Trinajstić information content (AvgIpc) is 2.38. The number of benzene rings is 1. The van der Waals surface area contributed by atoms with E-state index < -0.39 is 0 Å². The lowest BCUT2D eigenvalue weighted by Crippen LogP contribution is -2.29. The molecule has 0 radical (unpaired) electrons. The summed E-state index contributed by atoms with van der Waals surface area (Å²) in [5.41, 5.74) is 0.756. The maximum absolute atomic E-state index is 11.1. The Morgan fingerprint density at radius 1 is 1.29 bits per heavy atom. The molecule has 0 aliphatic carbocycles. The predicted molar refractivity (Wildman–Crippen MR) is 65.7 cm³/mol. The largest absolute Gasteiger partial charge is 0.490 e. The SMILES string of the molecule is COc1cccc(N2CCCCC2)c1[N+](=O)[O-]. The van der Waals surface area contributed by atoms with E-state index >= 15 is 0 Å². The Bertz CT molecular complexity index is 414. The first-order valence-corrected chi connectivity index (χ1v) is 5.80. The van der Waals surface area contributed by atoms with Gasteiger partial charge >= 0.3 is 5.69 Å². The first kappa shape index (κ1) is 11.7. The molecule has 0 N–H and O–H groups in total. The van der Waals surface area contributed by atoms with E-state index in [0.29, 0.717) is 11.4 Å². The number of anilines is 1. The quantitative estimate of drug-likeness (QED) is 0.598. The number of ether oxygens (including phenoxy) is 1. The molecule has 0 unspecified atom stereocenters. The van der Waals surface area contributed by atoms with Crippen LogP contribution in [-0.2, 0) is 0 Å². The van der Waals surface area contributed by atoms with Crippen molar-refractivity contribution in [3.8, 4) is 5.75 Å². The number of piperidine rings is 1. The molecule has 0 bridgehead atoms. The smallest absolute Gasteiger partial charge is 0.333 e. The summed E-state index contributed by atoms with van der Waals surface area (Å²) in [6, 6.07) is 5.23. The molecule has 0 aromatic heterocycles. The summed E-state index contributed by atoms with van der Waals surface area (Å²) in [7, 11) is 1.46. The van der Waals surface area contributed by atoms with Gasteiger partial charge in [0.25, 0.3) is 0 Å². The highest BCUT2D eigenvalue weighted by Crippen LogP contribution is 2.37. The van der Waals surface area contributed by atoms with Crippen molar-refractivity contribution in [3.63, 3.8) is 0 Å². The Morgan fingerprint density at radius 3 is 2.59 bits per heavy atom. The monoisotopic (exact) mass is 236 g/mol. The van der Waals surface area contributed by atoms with Gasteiger partial charge in [0.2, 0.25) is 0 Å². The highest BCUT2D eigenvalue weighted by molar-refractivity contribution is 5.69. The van der Waals surface area contributed by atoms with Crippen LogP contribution in [0.5, 0.6) is 5.75 Å². The van der Waals surface area contributed by atoms with Crippen LogP contribution in [0.25, 0.3) is 0 Å². The standard InChI is InChI=1S/C12H16N2O3/c1-17-11-7-5-6-10(12(11)14(15)16)13-8-3-2-4-9-13/h5-7H,2-4,8-9H2,1H3. The van der Waals surface area contributed by atoms with Crippen LogP contribution in [-0.4, -0.2) is 25.1 Å². The summed E-state index contributed by atoms with van der Waals surface area (Å²) in [5.74, 6) is 0.332. The first-order valence-electron chi connectivity index (χ1n) is 5.80. The molecule has 1 aromatic rings. The third-order valence-corrected chi connectivity index (χ3v) is 3.08. The number of nitro benzene ring substituents is 1. The number of nitro groups is 1. The van der Waals surface area contributed by atoms with Crippen molar-refractivity contribution in [1.29, 1.82) is 0 Å². The van der Waals surface area contributed by atoms with Gasteiger partial charge in [-0.15, -0.1) is 0 Å². The molecule has 5 heteroatoms. The minimum atomic E-state index is -0.358. The van der Waals surface area contributed by atoms with Crippen LogP contribution in [0, 0.1) is 10.1 Å². The van der Waals surface area contributed by atoms with E-state index in [1.807, 2.05) is 0 Å². The molecule has 1 fully saturated rings. The van der Waals surface area contributed by atoms with Crippen molar-refractivity contribution in [2.45, 2.75) is 19.3 Å². The van der Waals surface area contributed by atoms with Gasteiger partial charge in [-0.2, -0.15) is 0 Å². The Morgan fingerprint density at radius 2 is 2.00 bits per heavy atom. The Balaban J connectivity index is 2.40. The van der Waals surface area contributed by atoms with E-state index in [4.69, 9.17) is 4.74 Å². The third kappa shape index (κ3) is 2.33. The number of nitrogens with zero attached hydrogens (tertiary/aromatic N) is 2. The number of hydrogen-bond acceptors (Lipinski definition) is 4. The fraction of sp³-hybridized carbons (Fsp3) is 0.500. The average molecular weight is 236 g/mol. The topological polar surface area (TPSA) is 55.6 Å². The Hall–Kier alpha value is -1.78. The fourth-order valence-corrected chi connectivity index (χ4v) is 2.25. The van der Waals surface area contributed by atoms with E-state index in [1.165, 1.54) is 13.5 Å². The number of para-hydroxylation sites is 1. The summed E-state index contributed by atoms with van der Waals surface area (Å²) in [5, 5.41) is 11.1. The van der Waals surface area contributed by atoms with E-state index in [0.717, 1.165) is 25.9 Å². The molecule has 5 nitrogen and oxygen atoms in total. The molecule has 2 rings (SSSR count). The molecule has 1 heterocycles. The van der Waals surface area contributed by atoms with E-state index in [1.54, 1.807) is 18.2 Å². The molecule has 0 spiro atoms. The summed E-state index contributed by atoms with van der Waals surface area (Å²) in [6.45, 7) is 1.77. The molecule has 1 aromatic carbocycles. The molecule has 1 aliphatic rings. The Labute approximate surface area is 100 Å². The zero-order chi connectivity index (χ0) is 12.3. The van der Waals surface area contributed by atoms with Gasteiger partial charge in [-0.1, -0.05) is 6.07 Å². The fourth-order valence-electron chi connectivity index (χ4n) is 2.25. The van der Waals surface area contributed by atoms with E-state index in [-0.39, 0.29) is 10.6 Å². The van der Waals surface area contributed by atoms with Crippen LogP contribution in [0.15, 0.2) is 18.2 Å². The van der Waals surface area contributed by atoms with Gasteiger partial charge in [-0.05, 0) is 31.4 Å². The minimum absolute atomic E-state index is 0.0805. The maximum Gasteiger partial charge on any atom is 0.333 e. The molecular weight excluding hydrogens is 220 g/mol. The maximum atomic E-state index is 11.1. The van der Waals surface area contributed by atoms with Gasteiger partial charge in [0.1, 0.15) is 5.69 Å². The Kier molecular flexibility index (Phi) is 3.46. The summed E-state index contributed by atoms with van der Waals surface area (Å²) >= 11 is 0. The van der Waals surface area contributed by atoms with E-state index in [2.05, 4.69) is 4.90 Å². The second-order valence-corrected chi connectivity index (χ2v) is 4.13. The van der Waals surface area contributed by atoms with Crippen molar-refractivity contribution in [3.05, 3.63) is 28.3 Å². The number of hydrogen-bond donors (Lipinski definition) is 0. The molecule has 17 heavy (non-hydrogen) atoms. The summed E-state index contributed by atoms with van der Waals surface area (Å²) in [4.78, 5) is 12.9. The van der Waals surface area contributed by atoms with E-state index in [9.17, 15) is 10.1 Å². The first-order chi connectivity index (χ1) is 8.24. The van der Waals surface area contributed by atoms with Gasteiger partial charge in [0, 0.05) is 13.1 Å². The lowest BCUT2D eigenvalue weighted by molar-refractivity contribution is -0.385. The molecule has 0 atom stereocenters. The normalized spacial score (nSPS) is 15.7. The van der Waals surface area contributed by atoms with Crippen molar-refractivity contribution in [1.82, 2.24) is 0 Å². The van der Waals surface area contributed by atoms with Crippen molar-refractivity contribution in [2.24, 2.45) is 0 Å². The second-order valence-electron chi connectivity index (χ2n) is 4.13. The molecule has 1 saturated heterocycles. The van der Waals surface area contributed by atoms with Crippen LogP contribution in [0.4, 0.5) is 11.4 Å². The molecule has 0 amide bonds. The minimum Gasteiger partial charge on any atom is -0.490 e. The van der Waals surface area contributed by atoms with Crippen molar-refractivity contribution < 1.29 is 9.66 Å². The van der Waals surface area contributed by atoms with Gasteiger partial charge in [-0.25, -0.2) is 0 Å². The van der Waals surface area contributed by atoms with Gasteiger partial charge in [-0.3, -0.25) is 10.1 Å². The summed E-state index contributed by atoms with van der Waals surface area (Å²) < 4.78 is 5.07. The zero-order valence-electron chi connectivity index (χ0n) is 9.89. The van der Waals surface area contributed by atoms with Gasteiger partial charge < -0.3 is 9.64 Å². The van der Waals surface area contributed by atoms with Gasteiger partial charge in [0.05, 0.1) is 12.0 Å². The van der Waals surface area contributed by atoms with Crippen LogP contribution in [0.3, 0.4) is 0 Å². The highest BCUT2D eigenvalue weighted by Gasteiger charge is 2.25. The number of rotatable bonds is 3. The molecule has 92 valence electrons. The molecule has 1 aliphatic heterocycles. The van der Waals surface area contributed by atoms with Crippen molar-refractivity contribution in [2.75, 3.05) is 25.1 Å². The molecule has 0 saturated carbocycles. The molecular formula is C12H16N2O3. The van der Waals surface area contributed by atoms with Gasteiger partial charge in [0.15, 0.2) is 5.75 Å². The highest BCUT2D eigenvalue weighted by atomic mass is 16.6.